The highest BCUT2D eigenvalue weighted by Gasteiger charge is 2.24. The normalized spacial score (nSPS) is 19.9. The van der Waals surface area contributed by atoms with Crippen LogP contribution in [0.2, 0.25) is 0 Å². The Morgan fingerprint density at radius 1 is 1.36 bits per heavy atom. The van der Waals surface area contributed by atoms with Crippen molar-refractivity contribution in [2.45, 2.75) is 58.2 Å². The number of fused-ring (bicyclic) bond motifs is 1. The lowest BCUT2D eigenvalue weighted by molar-refractivity contribution is 0.102. The van der Waals surface area contributed by atoms with Gasteiger partial charge < -0.3 is 0 Å². The van der Waals surface area contributed by atoms with Crippen molar-refractivity contribution < 1.29 is 0 Å². The van der Waals surface area contributed by atoms with Crippen LogP contribution >= 0.6 is 0 Å². The van der Waals surface area contributed by atoms with Crippen LogP contribution in [0.25, 0.3) is 10.9 Å². The van der Waals surface area contributed by atoms with Gasteiger partial charge in [0.25, 0.3) is 5.56 Å². The lowest BCUT2D eigenvalue weighted by Gasteiger charge is -2.38. The Kier molecular flexibility index (Phi) is 4.52. The SMILES string of the molecule is CC(C)N1CCCC[C@H]1CCn1cnc2cnccc2c1=O. The van der Waals surface area contributed by atoms with Crippen molar-refractivity contribution in [2.75, 3.05) is 6.54 Å². The largest absolute Gasteiger partial charge is 0.299 e. The molecule has 0 saturated carbocycles. The Morgan fingerprint density at radius 2 is 2.23 bits per heavy atom. The third kappa shape index (κ3) is 3.04. The second-order valence-electron chi connectivity index (χ2n) is 6.41. The predicted octanol–water partition coefficient (Wildman–Crippen LogP) is 2.44. The Bertz CT molecular complexity index is 694. The average Bonchev–Trinajstić information content (AvgIpc) is 2.55. The molecule has 0 unspecified atom stereocenters. The van der Waals surface area contributed by atoms with Crippen LogP contribution in [0, 0.1) is 0 Å². The van der Waals surface area contributed by atoms with Crippen LogP contribution in [-0.2, 0) is 6.54 Å². The van der Waals surface area contributed by atoms with E-state index >= 15 is 0 Å². The van der Waals surface area contributed by atoms with Crippen molar-refractivity contribution in [3.8, 4) is 0 Å². The Labute approximate surface area is 131 Å². The van der Waals surface area contributed by atoms with E-state index in [4.69, 9.17) is 0 Å². The molecule has 0 radical (unpaired) electrons. The number of likely N-dealkylation sites (tertiary alicyclic amines) is 1. The third-order valence-electron chi connectivity index (χ3n) is 4.67. The quantitative estimate of drug-likeness (QED) is 0.870. The van der Waals surface area contributed by atoms with Crippen LogP contribution in [0.15, 0.2) is 29.6 Å². The molecule has 0 aliphatic carbocycles. The summed E-state index contributed by atoms with van der Waals surface area (Å²) in [5.41, 5.74) is 0.713. The zero-order chi connectivity index (χ0) is 15.5. The number of pyridine rings is 1. The van der Waals surface area contributed by atoms with Gasteiger partial charge in [0.05, 0.1) is 23.4 Å². The van der Waals surface area contributed by atoms with Crippen molar-refractivity contribution in [3.63, 3.8) is 0 Å². The van der Waals surface area contributed by atoms with Gasteiger partial charge in [0.15, 0.2) is 0 Å². The zero-order valence-corrected chi connectivity index (χ0v) is 13.4. The first-order chi connectivity index (χ1) is 10.7. The van der Waals surface area contributed by atoms with Gasteiger partial charge in [0, 0.05) is 24.8 Å². The molecule has 0 amide bonds. The molecule has 3 rings (SSSR count). The molecule has 1 fully saturated rings. The van der Waals surface area contributed by atoms with Gasteiger partial charge >= 0.3 is 0 Å². The molecule has 1 aliphatic rings. The van der Waals surface area contributed by atoms with E-state index in [0.29, 0.717) is 23.0 Å². The van der Waals surface area contributed by atoms with E-state index < -0.39 is 0 Å². The standard InChI is InChI=1S/C17H24N4O/c1-13(2)21-9-4-3-5-14(21)7-10-20-12-19-16-11-18-8-6-15(16)17(20)22/h6,8,11-14H,3-5,7,9-10H2,1-2H3/t14-/m0/s1. The second kappa shape index (κ2) is 6.57. The fourth-order valence-electron chi connectivity index (χ4n) is 3.47. The monoisotopic (exact) mass is 300 g/mol. The molecule has 3 heterocycles. The summed E-state index contributed by atoms with van der Waals surface area (Å²) in [6.07, 6.45) is 9.78. The lowest BCUT2D eigenvalue weighted by atomic mass is 9.98. The second-order valence-corrected chi connectivity index (χ2v) is 6.41. The van der Waals surface area contributed by atoms with E-state index in [1.54, 1.807) is 29.4 Å². The molecule has 0 N–H and O–H groups in total. The van der Waals surface area contributed by atoms with E-state index in [9.17, 15) is 4.79 Å². The highest BCUT2D eigenvalue weighted by molar-refractivity contribution is 5.75. The van der Waals surface area contributed by atoms with Crippen molar-refractivity contribution >= 4 is 10.9 Å². The number of rotatable bonds is 4. The summed E-state index contributed by atoms with van der Waals surface area (Å²) < 4.78 is 1.75. The van der Waals surface area contributed by atoms with Crippen LogP contribution in [0.5, 0.6) is 0 Å². The van der Waals surface area contributed by atoms with Crippen LogP contribution < -0.4 is 5.56 Å². The molecule has 22 heavy (non-hydrogen) atoms. The molecule has 0 spiro atoms. The van der Waals surface area contributed by atoms with E-state index in [1.807, 2.05) is 0 Å². The molecule has 0 aromatic carbocycles. The number of aromatic nitrogens is 3. The van der Waals surface area contributed by atoms with Crippen molar-refractivity contribution in [1.29, 1.82) is 0 Å². The van der Waals surface area contributed by atoms with Gasteiger partial charge in [-0.15, -0.1) is 0 Å². The highest BCUT2D eigenvalue weighted by Crippen LogP contribution is 2.22. The molecule has 2 aromatic rings. The van der Waals surface area contributed by atoms with Gasteiger partial charge in [0.1, 0.15) is 0 Å². The number of hydrogen-bond donors (Lipinski definition) is 0. The van der Waals surface area contributed by atoms with E-state index in [-0.39, 0.29) is 5.56 Å². The van der Waals surface area contributed by atoms with Gasteiger partial charge in [-0.05, 0) is 45.7 Å². The maximum atomic E-state index is 12.5. The first kappa shape index (κ1) is 15.2. The molecular weight excluding hydrogens is 276 g/mol. The number of hydrogen-bond acceptors (Lipinski definition) is 4. The summed E-state index contributed by atoms with van der Waals surface area (Å²) in [6.45, 7) is 6.43. The molecule has 118 valence electrons. The van der Waals surface area contributed by atoms with Crippen LogP contribution in [0.1, 0.15) is 39.5 Å². The van der Waals surface area contributed by atoms with E-state index in [1.165, 1.54) is 25.8 Å². The van der Waals surface area contributed by atoms with Crippen molar-refractivity contribution in [3.05, 3.63) is 35.1 Å². The van der Waals surface area contributed by atoms with Gasteiger partial charge in [-0.25, -0.2) is 4.98 Å². The summed E-state index contributed by atoms with van der Waals surface area (Å²) >= 11 is 0. The number of piperidine rings is 1. The smallest absolute Gasteiger partial charge is 0.261 e. The van der Waals surface area contributed by atoms with Crippen LogP contribution in [0.3, 0.4) is 0 Å². The maximum Gasteiger partial charge on any atom is 0.261 e. The first-order valence-corrected chi connectivity index (χ1v) is 8.21. The molecule has 1 saturated heterocycles. The minimum absolute atomic E-state index is 0.0410. The summed E-state index contributed by atoms with van der Waals surface area (Å²) in [6, 6.07) is 2.90. The maximum absolute atomic E-state index is 12.5. The fraction of sp³-hybridized carbons (Fsp3) is 0.588. The molecule has 5 nitrogen and oxygen atoms in total. The third-order valence-corrected chi connectivity index (χ3v) is 4.67. The first-order valence-electron chi connectivity index (χ1n) is 8.21. The summed E-state index contributed by atoms with van der Waals surface area (Å²) in [5.74, 6) is 0. The van der Waals surface area contributed by atoms with E-state index in [2.05, 4.69) is 28.7 Å². The van der Waals surface area contributed by atoms with Gasteiger partial charge in [-0.1, -0.05) is 6.42 Å². The predicted molar refractivity (Wildman–Crippen MR) is 87.9 cm³/mol. The van der Waals surface area contributed by atoms with Crippen LogP contribution in [-0.4, -0.2) is 38.1 Å². The van der Waals surface area contributed by atoms with Crippen molar-refractivity contribution in [2.24, 2.45) is 0 Å². The molecule has 1 aliphatic heterocycles. The summed E-state index contributed by atoms with van der Waals surface area (Å²) in [7, 11) is 0. The summed E-state index contributed by atoms with van der Waals surface area (Å²) in [4.78, 5) is 23.4. The average molecular weight is 300 g/mol. The van der Waals surface area contributed by atoms with Crippen molar-refractivity contribution in [1.82, 2.24) is 19.4 Å². The van der Waals surface area contributed by atoms with Gasteiger partial charge in [-0.3, -0.25) is 19.2 Å². The molecule has 5 heteroatoms. The minimum atomic E-state index is 0.0410. The molecule has 1 atom stereocenters. The van der Waals surface area contributed by atoms with Gasteiger partial charge in [-0.2, -0.15) is 0 Å². The number of aryl methyl sites for hydroxylation is 1. The Hall–Kier alpha value is -1.75. The molecule has 2 aromatic heterocycles. The number of nitrogens with zero attached hydrogens (tertiary/aromatic N) is 4. The molecular formula is C17H24N4O. The highest BCUT2D eigenvalue weighted by atomic mass is 16.1. The minimum Gasteiger partial charge on any atom is -0.299 e. The summed E-state index contributed by atoms with van der Waals surface area (Å²) in [5, 5.41) is 0.654. The Morgan fingerprint density at radius 3 is 3.05 bits per heavy atom. The Balaban J connectivity index is 1.76. The topological polar surface area (TPSA) is 51.0 Å². The fourth-order valence-corrected chi connectivity index (χ4v) is 3.47. The van der Waals surface area contributed by atoms with E-state index in [0.717, 1.165) is 13.0 Å². The lowest BCUT2D eigenvalue weighted by Crippen LogP contribution is -2.44. The van der Waals surface area contributed by atoms with Gasteiger partial charge in [0.2, 0.25) is 0 Å². The zero-order valence-electron chi connectivity index (χ0n) is 13.4. The van der Waals surface area contributed by atoms with Crippen LogP contribution in [0.4, 0.5) is 0 Å². The molecule has 0 bridgehead atoms.